The van der Waals surface area contributed by atoms with Gasteiger partial charge in [-0.1, -0.05) is 6.92 Å². The van der Waals surface area contributed by atoms with Crippen LogP contribution < -0.4 is 5.32 Å². The number of nitro groups is 1. The molecule has 0 aromatic heterocycles. The molecule has 1 aromatic carbocycles. The molecule has 15 heavy (non-hydrogen) atoms. The largest absolute Gasteiger partial charge is 0.382 e. The van der Waals surface area contributed by atoms with Gasteiger partial charge in [-0.2, -0.15) is 0 Å². The highest BCUT2D eigenvalue weighted by Crippen LogP contribution is 2.20. The van der Waals surface area contributed by atoms with Crippen molar-refractivity contribution in [3.05, 3.63) is 34.1 Å². The minimum absolute atomic E-state index is 0.159. The van der Waals surface area contributed by atoms with E-state index in [1.165, 1.54) is 12.1 Å². The average molecular weight is 212 g/mol. The maximum atomic E-state index is 13.0. The van der Waals surface area contributed by atoms with Gasteiger partial charge in [0.2, 0.25) is 0 Å². The number of rotatable bonds is 4. The van der Waals surface area contributed by atoms with Gasteiger partial charge >= 0.3 is 0 Å². The Morgan fingerprint density at radius 3 is 2.73 bits per heavy atom. The quantitative estimate of drug-likeness (QED) is 0.616. The van der Waals surface area contributed by atoms with Gasteiger partial charge in [0, 0.05) is 17.8 Å². The molecule has 1 rings (SSSR count). The minimum atomic E-state index is -0.606. The van der Waals surface area contributed by atoms with E-state index in [-0.39, 0.29) is 11.7 Å². The molecule has 4 nitrogen and oxygen atoms in total. The van der Waals surface area contributed by atoms with E-state index in [2.05, 4.69) is 5.32 Å². The van der Waals surface area contributed by atoms with Crippen molar-refractivity contribution in [2.75, 3.05) is 5.32 Å². The molecule has 0 spiro atoms. The predicted molar refractivity (Wildman–Crippen MR) is 56.4 cm³/mol. The summed E-state index contributed by atoms with van der Waals surface area (Å²) in [5.74, 6) is -0.602. The van der Waals surface area contributed by atoms with Crippen molar-refractivity contribution >= 4 is 11.4 Å². The molecule has 0 heterocycles. The summed E-state index contributed by atoms with van der Waals surface area (Å²) in [6.45, 7) is 3.90. The lowest BCUT2D eigenvalue weighted by Crippen LogP contribution is -2.13. The van der Waals surface area contributed by atoms with E-state index >= 15 is 0 Å². The van der Waals surface area contributed by atoms with Gasteiger partial charge in [0.05, 0.1) is 11.0 Å². The summed E-state index contributed by atoms with van der Waals surface area (Å²) in [4.78, 5) is 9.87. The lowest BCUT2D eigenvalue weighted by atomic mass is 10.2. The first-order valence-corrected chi connectivity index (χ1v) is 4.74. The molecule has 0 aliphatic carbocycles. The number of nitrogens with zero attached hydrogens (tertiary/aromatic N) is 1. The molecule has 1 atom stereocenters. The highest BCUT2D eigenvalue weighted by atomic mass is 19.1. The fourth-order valence-electron chi connectivity index (χ4n) is 1.15. The van der Waals surface area contributed by atoms with Crippen LogP contribution in [0.15, 0.2) is 18.2 Å². The molecule has 1 unspecified atom stereocenters. The summed E-state index contributed by atoms with van der Waals surface area (Å²) in [5, 5.41) is 13.5. The molecule has 0 radical (unpaired) electrons. The fraction of sp³-hybridized carbons (Fsp3) is 0.400. The Labute approximate surface area is 87.3 Å². The SMILES string of the molecule is CCC(C)Nc1cc(F)cc([N+](=O)[O-])c1. The number of non-ortho nitro benzene ring substituents is 1. The monoisotopic (exact) mass is 212 g/mol. The van der Waals surface area contributed by atoms with Crippen molar-refractivity contribution in [2.45, 2.75) is 26.3 Å². The van der Waals surface area contributed by atoms with Gasteiger partial charge in [-0.25, -0.2) is 4.39 Å². The average Bonchev–Trinajstić information content (AvgIpc) is 2.16. The first kappa shape index (κ1) is 11.4. The van der Waals surface area contributed by atoms with Crippen LogP contribution in [0.2, 0.25) is 0 Å². The van der Waals surface area contributed by atoms with E-state index in [0.717, 1.165) is 12.5 Å². The van der Waals surface area contributed by atoms with E-state index < -0.39 is 10.7 Å². The van der Waals surface area contributed by atoms with Gasteiger partial charge in [0.1, 0.15) is 5.82 Å². The second kappa shape index (κ2) is 4.72. The second-order valence-electron chi connectivity index (χ2n) is 3.41. The van der Waals surface area contributed by atoms with E-state index in [1.807, 2.05) is 13.8 Å². The van der Waals surface area contributed by atoms with Crippen LogP contribution in [0.4, 0.5) is 15.8 Å². The van der Waals surface area contributed by atoms with Gasteiger partial charge in [0.15, 0.2) is 0 Å². The number of nitrogens with one attached hydrogen (secondary N) is 1. The predicted octanol–water partition coefficient (Wildman–Crippen LogP) is 2.94. The van der Waals surface area contributed by atoms with Gasteiger partial charge in [0.25, 0.3) is 5.69 Å². The molecule has 1 aromatic rings. The first-order chi connectivity index (χ1) is 7.02. The standard InChI is InChI=1S/C10H13FN2O2/c1-3-7(2)12-9-4-8(11)5-10(6-9)13(14)15/h4-7,12H,3H2,1-2H3. The van der Waals surface area contributed by atoms with E-state index in [9.17, 15) is 14.5 Å². The molecule has 0 saturated heterocycles. The topological polar surface area (TPSA) is 55.2 Å². The second-order valence-corrected chi connectivity index (χ2v) is 3.41. The zero-order valence-corrected chi connectivity index (χ0v) is 8.66. The van der Waals surface area contributed by atoms with E-state index in [1.54, 1.807) is 0 Å². The molecule has 0 aliphatic rings. The van der Waals surface area contributed by atoms with Crippen LogP contribution >= 0.6 is 0 Å². The maximum absolute atomic E-state index is 13.0. The van der Waals surface area contributed by atoms with Crippen molar-refractivity contribution in [1.82, 2.24) is 0 Å². The van der Waals surface area contributed by atoms with Crippen LogP contribution in [0, 0.1) is 15.9 Å². The Morgan fingerprint density at radius 1 is 1.53 bits per heavy atom. The zero-order chi connectivity index (χ0) is 11.4. The summed E-state index contributed by atoms with van der Waals surface area (Å²) >= 11 is 0. The summed E-state index contributed by atoms with van der Waals surface area (Å²) < 4.78 is 13.0. The van der Waals surface area contributed by atoms with E-state index in [4.69, 9.17) is 0 Å². The Hall–Kier alpha value is -1.65. The lowest BCUT2D eigenvalue weighted by molar-refractivity contribution is -0.385. The molecule has 0 fully saturated rings. The minimum Gasteiger partial charge on any atom is -0.382 e. The van der Waals surface area contributed by atoms with Crippen molar-refractivity contribution < 1.29 is 9.31 Å². The van der Waals surface area contributed by atoms with Crippen molar-refractivity contribution in [3.8, 4) is 0 Å². The number of anilines is 1. The molecule has 1 N–H and O–H groups in total. The molecule has 0 saturated carbocycles. The molecular weight excluding hydrogens is 199 g/mol. The smallest absolute Gasteiger partial charge is 0.274 e. The summed E-state index contributed by atoms with van der Waals surface area (Å²) in [6.07, 6.45) is 0.865. The van der Waals surface area contributed by atoms with Crippen LogP contribution in [0.1, 0.15) is 20.3 Å². The highest BCUT2D eigenvalue weighted by molar-refractivity contribution is 5.51. The third-order valence-corrected chi connectivity index (χ3v) is 2.12. The third kappa shape index (κ3) is 3.19. The number of hydrogen-bond donors (Lipinski definition) is 1. The van der Waals surface area contributed by atoms with Crippen LogP contribution in [-0.4, -0.2) is 11.0 Å². The molecule has 5 heteroatoms. The van der Waals surface area contributed by atoms with Gasteiger partial charge in [-0.3, -0.25) is 10.1 Å². The maximum Gasteiger partial charge on any atom is 0.274 e. The number of nitro benzene ring substituents is 1. The van der Waals surface area contributed by atoms with Crippen LogP contribution in [-0.2, 0) is 0 Å². The van der Waals surface area contributed by atoms with Gasteiger partial charge in [-0.05, 0) is 19.4 Å². The lowest BCUT2D eigenvalue weighted by Gasteiger charge is -2.12. The summed E-state index contributed by atoms with van der Waals surface area (Å²) in [6, 6.07) is 3.64. The molecule has 0 aliphatic heterocycles. The van der Waals surface area contributed by atoms with Crippen LogP contribution in [0.25, 0.3) is 0 Å². The number of halogens is 1. The Morgan fingerprint density at radius 2 is 2.20 bits per heavy atom. The Bertz CT molecular complexity index is 368. The molecule has 0 bridgehead atoms. The normalized spacial score (nSPS) is 12.2. The molecular formula is C10H13FN2O2. The van der Waals surface area contributed by atoms with Crippen molar-refractivity contribution in [1.29, 1.82) is 0 Å². The highest BCUT2D eigenvalue weighted by Gasteiger charge is 2.10. The van der Waals surface area contributed by atoms with Crippen molar-refractivity contribution in [3.63, 3.8) is 0 Å². The van der Waals surface area contributed by atoms with Crippen LogP contribution in [0.5, 0.6) is 0 Å². The van der Waals surface area contributed by atoms with Gasteiger partial charge in [-0.15, -0.1) is 0 Å². The number of benzene rings is 1. The summed E-state index contributed by atoms with van der Waals surface area (Å²) in [7, 11) is 0. The molecule has 82 valence electrons. The Balaban J connectivity index is 2.93. The summed E-state index contributed by atoms with van der Waals surface area (Å²) in [5.41, 5.74) is 0.205. The Kier molecular flexibility index (Phi) is 3.60. The van der Waals surface area contributed by atoms with Crippen LogP contribution in [0.3, 0.4) is 0 Å². The third-order valence-electron chi connectivity index (χ3n) is 2.12. The first-order valence-electron chi connectivity index (χ1n) is 4.74. The molecule has 0 amide bonds. The van der Waals surface area contributed by atoms with Gasteiger partial charge < -0.3 is 5.32 Å². The van der Waals surface area contributed by atoms with Crippen molar-refractivity contribution in [2.24, 2.45) is 0 Å². The van der Waals surface area contributed by atoms with E-state index in [0.29, 0.717) is 5.69 Å². The number of hydrogen-bond acceptors (Lipinski definition) is 3. The zero-order valence-electron chi connectivity index (χ0n) is 8.66. The fourth-order valence-corrected chi connectivity index (χ4v) is 1.15.